The van der Waals surface area contributed by atoms with Gasteiger partial charge in [0.25, 0.3) is 0 Å². The van der Waals surface area contributed by atoms with Gasteiger partial charge in [-0.15, -0.1) is 0 Å². The van der Waals surface area contributed by atoms with Crippen LogP contribution in [-0.4, -0.2) is 61.0 Å². The Morgan fingerprint density at radius 3 is 2.25 bits per heavy atom. The number of carbonyl (C=O) groups excluding carboxylic acids is 2. The van der Waals surface area contributed by atoms with E-state index in [0.29, 0.717) is 29.9 Å². The first-order valence-electron chi connectivity index (χ1n) is 18.6. The molecule has 13 atom stereocenters. The smallest absolute Gasteiger partial charge is 0.385 e. The van der Waals surface area contributed by atoms with E-state index in [1.165, 1.54) is 0 Å². The molecule has 3 saturated carbocycles. The molecular formula is C41H49N2O8+. The van der Waals surface area contributed by atoms with Crippen LogP contribution in [0.1, 0.15) is 71.4 Å². The van der Waals surface area contributed by atoms with Crippen LogP contribution in [0.3, 0.4) is 0 Å². The molecule has 2 aromatic rings. The van der Waals surface area contributed by atoms with Crippen molar-refractivity contribution in [3.05, 3.63) is 88.4 Å². The van der Waals surface area contributed by atoms with Gasteiger partial charge in [0, 0.05) is 5.41 Å². The number of rotatable bonds is 9. The Hall–Kier alpha value is -3.46. The minimum atomic E-state index is -1.90. The maximum Gasteiger partial charge on any atom is 0.519 e. The van der Waals surface area contributed by atoms with Crippen molar-refractivity contribution in [2.24, 2.45) is 45.8 Å². The topological polar surface area (TPSA) is 129 Å². The van der Waals surface area contributed by atoms with Crippen molar-refractivity contribution in [3.8, 4) is 0 Å². The van der Waals surface area contributed by atoms with Gasteiger partial charge < -0.3 is 33.6 Å². The number of aliphatic hydroxyl groups is 1. The SMILES string of the molecule is CC1O[C@H]2[C@H](O)[C@H](OCC34C[C@@H]5[C@H](C)CC[C@H]5C5(C=O)CC3C=C(C(C)C)C45C(=O)OC([N+]#N)(c3ccccc3)c3ccccc3)O[C@H](C)[C@H]2O1. The number of fused-ring (bicyclic) bond motifs is 3. The van der Waals surface area contributed by atoms with E-state index >= 15 is 4.79 Å². The summed E-state index contributed by atoms with van der Waals surface area (Å²) in [5.41, 5.74) is -3.48. The zero-order valence-electron chi connectivity index (χ0n) is 30.0. The molecule has 10 heteroatoms. The van der Waals surface area contributed by atoms with E-state index in [2.05, 4.69) is 31.8 Å². The van der Waals surface area contributed by atoms with Gasteiger partial charge in [0.2, 0.25) is 5.39 Å². The Morgan fingerprint density at radius 2 is 1.65 bits per heavy atom. The van der Waals surface area contributed by atoms with E-state index in [1.54, 1.807) is 31.2 Å². The van der Waals surface area contributed by atoms with Crippen molar-refractivity contribution in [2.75, 3.05) is 6.61 Å². The Morgan fingerprint density at radius 1 is 1.00 bits per heavy atom. The standard InChI is InChI=1S/C41H49N2O8/c1-23(2)32-18-29-19-38(21-44)31-17-16-24(3)30(31)20-39(29,22-47-36-33(45)35-34(25(4)48-36)49-26(5)50-35)40(32,38)37(46)51-41(43-42,27-12-8-6-9-13-27)28-14-10-7-11-15-28/h6-15,18,21,23-26,29-31,33-36,45H,16-17,19-20,22H2,1-5H3/q+1/t24-,25-,26?,29?,30-,31-,33+,34-,35+,36-,38?,39?,40?/m1/s1. The Balaban J connectivity index is 1.27. The Labute approximate surface area is 299 Å². The second kappa shape index (κ2) is 12.3. The lowest BCUT2D eigenvalue weighted by Gasteiger charge is -2.59. The molecule has 0 radical (unpaired) electrons. The summed E-state index contributed by atoms with van der Waals surface area (Å²) in [5, 5.41) is 22.5. The number of diazo groups is 1. The number of aliphatic hydroxyl groups excluding tert-OH is 1. The lowest BCUT2D eigenvalue weighted by atomic mass is 9.43. The number of benzene rings is 2. The van der Waals surface area contributed by atoms with Gasteiger partial charge in [0.1, 0.15) is 30.0 Å². The zero-order chi connectivity index (χ0) is 35.9. The number of ether oxygens (including phenoxy) is 5. The van der Waals surface area contributed by atoms with Crippen molar-refractivity contribution in [2.45, 2.75) is 103 Å². The van der Waals surface area contributed by atoms with Gasteiger partial charge in [-0.2, -0.15) is 0 Å². The first-order valence-corrected chi connectivity index (χ1v) is 18.6. The van der Waals surface area contributed by atoms with E-state index in [9.17, 15) is 15.3 Å². The highest BCUT2D eigenvalue weighted by Gasteiger charge is 2.85. The van der Waals surface area contributed by atoms with Crippen LogP contribution in [0.15, 0.2) is 72.3 Å². The van der Waals surface area contributed by atoms with E-state index in [1.807, 2.05) is 43.3 Å². The third-order valence-corrected chi connectivity index (χ3v) is 13.8. The molecule has 51 heavy (non-hydrogen) atoms. The van der Waals surface area contributed by atoms with Gasteiger partial charge in [-0.1, -0.05) is 75.2 Å². The second-order valence-electron chi connectivity index (χ2n) is 16.3. The second-order valence-corrected chi connectivity index (χ2v) is 16.3. The average Bonchev–Trinajstić information content (AvgIpc) is 3.85. The fourth-order valence-corrected chi connectivity index (χ4v) is 11.7. The van der Waals surface area contributed by atoms with Crippen LogP contribution < -0.4 is 0 Å². The first-order chi connectivity index (χ1) is 24.5. The largest absolute Gasteiger partial charge is 0.519 e. The third kappa shape index (κ3) is 4.54. The van der Waals surface area contributed by atoms with Crippen molar-refractivity contribution in [1.29, 1.82) is 5.39 Å². The van der Waals surface area contributed by atoms with E-state index in [-0.39, 0.29) is 30.3 Å². The van der Waals surface area contributed by atoms with Crippen LogP contribution in [0, 0.1) is 51.2 Å². The van der Waals surface area contributed by atoms with Crippen molar-refractivity contribution < 1.29 is 38.4 Å². The van der Waals surface area contributed by atoms with Crippen LogP contribution in [0.4, 0.5) is 0 Å². The van der Waals surface area contributed by atoms with Crippen molar-refractivity contribution in [1.82, 2.24) is 0 Å². The van der Waals surface area contributed by atoms with Crippen LogP contribution in [0.2, 0.25) is 0 Å². The lowest BCUT2D eigenvalue weighted by molar-refractivity contribution is -0.288. The highest BCUT2D eigenvalue weighted by atomic mass is 16.8. The molecule has 0 spiro atoms. The molecular weight excluding hydrogens is 648 g/mol. The summed E-state index contributed by atoms with van der Waals surface area (Å²) in [6, 6.07) is 18.1. The molecule has 5 fully saturated rings. The van der Waals surface area contributed by atoms with E-state index in [0.717, 1.165) is 24.7 Å². The molecule has 270 valence electrons. The minimum Gasteiger partial charge on any atom is -0.385 e. The maximum atomic E-state index is 15.9. The number of hydrogen-bond donors (Lipinski definition) is 1. The van der Waals surface area contributed by atoms with Crippen molar-refractivity contribution in [3.63, 3.8) is 0 Å². The monoisotopic (exact) mass is 697 g/mol. The molecule has 4 bridgehead atoms. The summed E-state index contributed by atoms with van der Waals surface area (Å²) < 4.78 is 31.6. The molecule has 5 unspecified atom stereocenters. The lowest BCUT2D eigenvalue weighted by Crippen LogP contribution is -2.65. The molecule has 8 rings (SSSR count). The summed E-state index contributed by atoms with van der Waals surface area (Å²) in [4.78, 5) is 33.9. The zero-order valence-corrected chi connectivity index (χ0v) is 30.0. The van der Waals surface area contributed by atoms with Crippen molar-refractivity contribution >= 4 is 12.3 Å². The van der Waals surface area contributed by atoms with Crippen LogP contribution in [0.5, 0.6) is 0 Å². The fraction of sp³-hybridized carbons (Fsp3) is 0.610. The predicted molar refractivity (Wildman–Crippen MR) is 185 cm³/mol. The van der Waals surface area contributed by atoms with Gasteiger partial charge in [0.05, 0.1) is 29.3 Å². The number of hydrogen-bond acceptors (Lipinski definition) is 9. The van der Waals surface area contributed by atoms with Gasteiger partial charge in [0.15, 0.2) is 17.6 Å². The van der Waals surface area contributed by atoms with Gasteiger partial charge in [-0.05, 0) is 87.0 Å². The summed E-state index contributed by atoms with van der Waals surface area (Å²) >= 11 is 0. The van der Waals surface area contributed by atoms with Gasteiger partial charge in [-0.3, -0.25) is 4.79 Å². The van der Waals surface area contributed by atoms with Gasteiger partial charge in [-0.25, -0.2) is 0 Å². The van der Waals surface area contributed by atoms with E-state index < -0.39 is 64.9 Å². The molecule has 2 heterocycles. The van der Waals surface area contributed by atoms with E-state index in [4.69, 9.17) is 23.7 Å². The molecule has 1 N–H and O–H groups in total. The van der Waals surface area contributed by atoms with Crippen LogP contribution >= 0.6 is 0 Å². The summed E-state index contributed by atoms with van der Waals surface area (Å²) in [6.45, 7) is 10.1. The number of carbonyl (C=O) groups is 2. The molecule has 2 aliphatic heterocycles. The molecule has 6 aliphatic rings. The minimum absolute atomic E-state index is 0.0325. The Bertz CT molecular complexity index is 1700. The summed E-state index contributed by atoms with van der Waals surface area (Å²) in [6.07, 6.45) is 2.09. The maximum absolute atomic E-state index is 15.9. The number of aldehydes is 1. The van der Waals surface area contributed by atoms with Crippen LogP contribution in [0.25, 0.3) is 4.98 Å². The third-order valence-electron chi connectivity index (χ3n) is 13.8. The summed E-state index contributed by atoms with van der Waals surface area (Å²) in [7, 11) is 0. The van der Waals surface area contributed by atoms with Crippen LogP contribution in [-0.2, 0) is 39.0 Å². The summed E-state index contributed by atoms with van der Waals surface area (Å²) in [5.74, 6) is -0.361. The van der Waals surface area contributed by atoms with Gasteiger partial charge >= 0.3 is 11.7 Å². The Kier molecular flexibility index (Phi) is 8.36. The average molecular weight is 698 g/mol. The first kappa shape index (κ1) is 34.6. The fourth-order valence-electron chi connectivity index (χ4n) is 11.7. The molecule has 2 saturated heterocycles. The number of allylic oxidation sites excluding steroid dienone is 1. The molecule has 0 amide bonds. The molecule has 10 nitrogen and oxygen atoms in total. The normalized spacial score (nSPS) is 42.2. The predicted octanol–water partition coefficient (Wildman–Crippen LogP) is 6.38. The molecule has 2 aromatic carbocycles. The number of esters is 1. The highest BCUT2D eigenvalue weighted by Crippen LogP contribution is 2.83. The number of nitrogens with zero attached hydrogens (tertiary/aromatic N) is 2. The highest BCUT2D eigenvalue weighted by molar-refractivity contribution is 5.92. The molecule has 4 aliphatic carbocycles. The quantitative estimate of drug-likeness (QED) is 0.137. The molecule has 0 aromatic heterocycles.